The lowest BCUT2D eigenvalue weighted by molar-refractivity contribution is -0.137. The minimum atomic E-state index is -0.786. The van der Waals surface area contributed by atoms with E-state index in [1.807, 2.05) is 41.0 Å². The Kier molecular flexibility index (Phi) is 10.5. The Morgan fingerprint density at radius 1 is 1.07 bits per heavy atom. The number of hydrogen-bond acceptors (Lipinski definition) is 6. The first-order valence-corrected chi connectivity index (χ1v) is 16.5. The number of amides is 1. The van der Waals surface area contributed by atoms with Crippen LogP contribution in [0.3, 0.4) is 0 Å². The molecule has 1 saturated carbocycles. The summed E-state index contributed by atoms with van der Waals surface area (Å²) in [7, 11) is 3.20. The van der Waals surface area contributed by atoms with E-state index in [1.165, 1.54) is 43.4 Å². The van der Waals surface area contributed by atoms with Gasteiger partial charge in [0, 0.05) is 40.4 Å². The molecule has 4 aromatic rings. The van der Waals surface area contributed by atoms with Crippen LogP contribution in [0, 0.1) is 5.92 Å². The zero-order chi connectivity index (χ0) is 31.2. The van der Waals surface area contributed by atoms with Crippen molar-refractivity contribution < 1.29 is 24.2 Å². The largest absolute Gasteiger partial charge is 0.496 e. The van der Waals surface area contributed by atoms with Gasteiger partial charge < -0.3 is 19.1 Å². The van der Waals surface area contributed by atoms with Crippen LogP contribution in [0.15, 0.2) is 42.5 Å². The number of anilines is 1. The minimum Gasteiger partial charge on any atom is -0.496 e. The number of carbonyl (C=O) groups excluding carboxylic acids is 1. The Morgan fingerprint density at radius 2 is 1.82 bits per heavy atom. The molecule has 44 heavy (non-hydrogen) atoms. The van der Waals surface area contributed by atoms with Crippen LogP contribution >= 0.6 is 22.9 Å². The van der Waals surface area contributed by atoms with Crippen molar-refractivity contribution in [2.45, 2.75) is 77.2 Å². The van der Waals surface area contributed by atoms with Crippen LogP contribution < -0.4 is 14.8 Å². The lowest BCUT2D eigenvalue weighted by atomic mass is 9.79. The number of thiazole rings is 1. The van der Waals surface area contributed by atoms with Gasteiger partial charge >= 0.3 is 5.97 Å². The molecule has 0 aliphatic heterocycles. The quantitative estimate of drug-likeness (QED) is 0.142. The number of nitrogens with one attached hydrogen (secondary N) is 1. The van der Waals surface area contributed by atoms with Crippen LogP contribution in [0.1, 0.15) is 86.0 Å². The Bertz CT molecular complexity index is 1620. The number of halogens is 1. The molecule has 1 amide bonds. The van der Waals surface area contributed by atoms with Crippen molar-refractivity contribution in [2.24, 2.45) is 5.92 Å². The average Bonchev–Trinajstić information content (AvgIpc) is 3.62. The van der Waals surface area contributed by atoms with Crippen molar-refractivity contribution in [3.8, 4) is 22.8 Å². The molecule has 2 aromatic heterocycles. The van der Waals surface area contributed by atoms with Gasteiger partial charge in [-0.25, -0.2) is 4.98 Å². The van der Waals surface area contributed by atoms with Crippen LogP contribution in [-0.4, -0.2) is 40.8 Å². The molecule has 1 fully saturated rings. The summed E-state index contributed by atoms with van der Waals surface area (Å²) in [6.45, 7) is 2.88. The molecule has 0 saturated heterocycles. The lowest BCUT2D eigenvalue weighted by Crippen LogP contribution is -2.17. The molecule has 0 bridgehead atoms. The second kappa shape index (κ2) is 14.5. The molecule has 5 rings (SSSR count). The number of para-hydroxylation sites is 1. The van der Waals surface area contributed by atoms with E-state index in [-0.39, 0.29) is 18.2 Å². The second-order valence-corrected chi connectivity index (χ2v) is 12.9. The number of hydrogen-bond donors (Lipinski definition) is 2. The number of methoxy groups -OCH3 is 2. The third-order valence-corrected chi connectivity index (χ3v) is 10.2. The molecular weight excluding hydrogens is 598 g/mol. The number of benzene rings is 2. The summed E-state index contributed by atoms with van der Waals surface area (Å²) in [6.07, 6.45) is 8.38. The van der Waals surface area contributed by atoms with Gasteiger partial charge in [-0.3, -0.25) is 14.9 Å². The smallest absolute Gasteiger partial charge is 0.303 e. The molecule has 234 valence electrons. The molecule has 10 heteroatoms. The maximum atomic E-state index is 13.9. The van der Waals surface area contributed by atoms with Crippen molar-refractivity contribution in [2.75, 3.05) is 19.5 Å². The lowest BCUT2D eigenvalue weighted by Gasteiger charge is -2.27. The van der Waals surface area contributed by atoms with Gasteiger partial charge in [0.2, 0.25) is 0 Å². The van der Waals surface area contributed by atoms with E-state index in [1.54, 1.807) is 20.3 Å². The van der Waals surface area contributed by atoms with E-state index in [9.17, 15) is 9.59 Å². The zero-order valence-corrected chi connectivity index (χ0v) is 27.1. The molecule has 2 N–H and O–H groups in total. The highest BCUT2D eigenvalue weighted by Crippen LogP contribution is 2.47. The van der Waals surface area contributed by atoms with Gasteiger partial charge in [0.25, 0.3) is 5.91 Å². The first-order valence-electron chi connectivity index (χ1n) is 15.3. The number of carboxylic acids is 1. The van der Waals surface area contributed by atoms with E-state index in [4.69, 9.17) is 31.2 Å². The van der Waals surface area contributed by atoms with Crippen molar-refractivity contribution in [3.63, 3.8) is 0 Å². The summed E-state index contributed by atoms with van der Waals surface area (Å²) < 4.78 is 13.3. The van der Waals surface area contributed by atoms with Gasteiger partial charge in [-0.15, -0.1) is 11.3 Å². The number of fused-ring (bicyclic) bond motifs is 1. The number of unbranched alkanes of at least 4 members (excludes halogenated alkanes) is 2. The van der Waals surface area contributed by atoms with Gasteiger partial charge in [-0.2, -0.15) is 0 Å². The molecule has 1 aliphatic rings. The van der Waals surface area contributed by atoms with E-state index < -0.39 is 5.97 Å². The molecule has 8 nitrogen and oxygen atoms in total. The number of rotatable bonds is 13. The molecule has 1 atom stereocenters. The van der Waals surface area contributed by atoms with Gasteiger partial charge in [0.05, 0.1) is 24.9 Å². The molecule has 2 aromatic carbocycles. The number of carbonyl (C=O) groups is 2. The number of aryl methyl sites for hydroxylation is 1. The van der Waals surface area contributed by atoms with Gasteiger partial charge in [-0.05, 0) is 55.7 Å². The van der Waals surface area contributed by atoms with Crippen molar-refractivity contribution in [3.05, 3.63) is 58.1 Å². The summed E-state index contributed by atoms with van der Waals surface area (Å²) in [5, 5.41) is 14.1. The Hall–Kier alpha value is -3.56. The summed E-state index contributed by atoms with van der Waals surface area (Å²) in [6, 6.07) is 13.5. The third-order valence-electron chi connectivity index (χ3n) is 8.69. The first-order chi connectivity index (χ1) is 21.3. The van der Waals surface area contributed by atoms with Crippen molar-refractivity contribution in [1.82, 2.24) is 9.55 Å². The van der Waals surface area contributed by atoms with Gasteiger partial charge in [0.1, 0.15) is 17.2 Å². The van der Waals surface area contributed by atoms with Crippen LogP contribution in [0.5, 0.6) is 11.5 Å². The maximum Gasteiger partial charge on any atom is 0.303 e. The Balaban J connectivity index is 1.49. The third kappa shape index (κ3) is 7.05. The summed E-state index contributed by atoms with van der Waals surface area (Å²) >= 11 is 7.96. The number of aliphatic carboxylic acids is 1. The van der Waals surface area contributed by atoms with Crippen molar-refractivity contribution in [1.29, 1.82) is 0 Å². The van der Waals surface area contributed by atoms with E-state index in [0.717, 1.165) is 39.9 Å². The molecule has 1 aliphatic carbocycles. The fourth-order valence-corrected chi connectivity index (χ4v) is 7.65. The zero-order valence-electron chi connectivity index (χ0n) is 25.5. The van der Waals surface area contributed by atoms with Gasteiger partial charge in [0.15, 0.2) is 5.13 Å². The van der Waals surface area contributed by atoms with Crippen LogP contribution in [0.4, 0.5) is 5.13 Å². The highest BCUT2D eigenvalue weighted by atomic mass is 35.5. The average molecular weight is 638 g/mol. The highest BCUT2D eigenvalue weighted by Gasteiger charge is 2.29. The topological polar surface area (TPSA) is 103 Å². The molecule has 1 unspecified atom stereocenters. The van der Waals surface area contributed by atoms with Crippen LogP contribution in [0.2, 0.25) is 5.02 Å². The normalized spacial score (nSPS) is 14.5. The Morgan fingerprint density at radius 3 is 2.55 bits per heavy atom. The van der Waals surface area contributed by atoms with E-state index >= 15 is 0 Å². The van der Waals surface area contributed by atoms with Crippen LogP contribution in [0.25, 0.3) is 22.2 Å². The standard InChI is InChI=1S/C34H40ClN3O5S/c1-21(22-12-6-4-7-13-22)32-31(24-19-29(43-3)25(35)20-28(24)42-2)36-34(44-32)37-33(41)27-18-23-14-9-10-15-26(23)38(27)17-11-5-8-16-30(39)40/h9-10,14-15,18-22H,4-8,11-13,16-17H2,1-3H3,(H,39,40)(H,36,37,41). The van der Waals surface area contributed by atoms with Crippen LogP contribution in [-0.2, 0) is 11.3 Å². The molecule has 0 spiro atoms. The number of ether oxygens (including phenoxy) is 2. The fraction of sp³-hybridized carbons (Fsp3) is 0.441. The predicted molar refractivity (Wildman–Crippen MR) is 177 cm³/mol. The number of nitrogens with zero attached hydrogens (tertiary/aromatic N) is 2. The first kappa shape index (κ1) is 31.9. The number of carboxylic acid groups (broad SMARTS) is 1. The minimum absolute atomic E-state index is 0.151. The Labute approximate surface area is 267 Å². The van der Waals surface area contributed by atoms with Crippen molar-refractivity contribution >= 4 is 50.8 Å². The SMILES string of the molecule is COc1cc(-c2nc(NC(=O)c3cc4ccccc4n3CCCCCC(=O)O)sc2C(C)C2CCCCC2)c(OC)cc1Cl. The maximum absolute atomic E-state index is 13.9. The molecule has 2 heterocycles. The summed E-state index contributed by atoms with van der Waals surface area (Å²) in [4.78, 5) is 30.9. The number of aromatic nitrogens is 2. The van der Waals surface area contributed by atoms with E-state index in [2.05, 4.69) is 12.2 Å². The second-order valence-electron chi connectivity index (χ2n) is 11.5. The fourth-order valence-electron chi connectivity index (χ4n) is 6.30. The highest BCUT2D eigenvalue weighted by molar-refractivity contribution is 7.16. The van der Waals surface area contributed by atoms with Gasteiger partial charge in [-0.1, -0.05) is 62.4 Å². The molecular formula is C34H40ClN3O5S. The summed E-state index contributed by atoms with van der Waals surface area (Å²) in [5.74, 6) is 0.896. The molecule has 0 radical (unpaired) electrons. The monoisotopic (exact) mass is 637 g/mol. The summed E-state index contributed by atoms with van der Waals surface area (Å²) in [5.41, 5.74) is 3.07. The van der Waals surface area contributed by atoms with E-state index in [0.29, 0.717) is 46.2 Å². The predicted octanol–water partition coefficient (Wildman–Crippen LogP) is 9.02.